The minimum absolute atomic E-state index is 0.114. The van der Waals surface area contributed by atoms with Crippen molar-refractivity contribution in [3.05, 3.63) is 28.2 Å². The van der Waals surface area contributed by atoms with E-state index in [1.165, 1.54) is 0 Å². The summed E-state index contributed by atoms with van der Waals surface area (Å²) in [6, 6.07) is 4.88. The predicted octanol–water partition coefficient (Wildman–Crippen LogP) is 5.25. The monoisotopic (exact) mass is 397 g/mol. The van der Waals surface area contributed by atoms with E-state index in [2.05, 4.69) is 5.32 Å². The lowest BCUT2D eigenvalue weighted by atomic mass is 9.80. The van der Waals surface area contributed by atoms with E-state index in [0.717, 1.165) is 0 Å². The van der Waals surface area contributed by atoms with E-state index in [1.54, 1.807) is 18.2 Å². The van der Waals surface area contributed by atoms with Gasteiger partial charge < -0.3 is 10.1 Å². The van der Waals surface area contributed by atoms with Crippen molar-refractivity contribution < 1.29 is 22.7 Å². The van der Waals surface area contributed by atoms with Crippen LogP contribution in [0.2, 0.25) is 10.0 Å². The summed E-state index contributed by atoms with van der Waals surface area (Å²) in [7, 11) is 0. The second-order valence-electron chi connectivity index (χ2n) is 6.17. The molecule has 0 heterocycles. The molecule has 3 nitrogen and oxygen atoms in total. The van der Waals surface area contributed by atoms with Gasteiger partial charge in [0.05, 0.1) is 17.5 Å². The van der Waals surface area contributed by atoms with Crippen molar-refractivity contribution in [1.82, 2.24) is 5.32 Å². The Kier molecular flexibility index (Phi) is 7.25. The molecule has 140 valence electrons. The average molecular weight is 398 g/mol. The van der Waals surface area contributed by atoms with Gasteiger partial charge in [-0.25, -0.2) is 0 Å². The van der Waals surface area contributed by atoms with Crippen LogP contribution in [0.4, 0.5) is 13.2 Å². The van der Waals surface area contributed by atoms with E-state index in [1.807, 2.05) is 0 Å². The van der Waals surface area contributed by atoms with Crippen LogP contribution in [0, 0.1) is 11.8 Å². The maximum atomic E-state index is 12.8. The second kappa shape index (κ2) is 8.99. The Morgan fingerprint density at radius 2 is 2.04 bits per heavy atom. The van der Waals surface area contributed by atoms with Gasteiger partial charge in [-0.1, -0.05) is 29.6 Å². The molecule has 1 saturated carbocycles. The minimum Gasteiger partial charge on any atom is -0.492 e. The number of halogens is 5. The van der Waals surface area contributed by atoms with Crippen LogP contribution in [0.15, 0.2) is 18.2 Å². The zero-order chi connectivity index (χ0) is 18.4. The number of hydrogen-bond acceptors (Lipinski definition) is 2. The molecule has 0 radical (unpaired) electrons. The molecular weight excluding hydrogens is 378 g/mol. The standard InChI is InChI=1S/C17H20Cl2F3NO2/c18-13-5-6-15(14(19)10-13)25-8-2-7-23-16(24)11-3-1-4-12(9-11)17(20,21)22/h5-6,10-12H,1-4,7-9H2,(H,23,24). The molecule has 2 unspecified atom stereocenters. The third-order valence-corrected chi connectivity index (χ3v) is 4.81. The number of hydrogen-bond donors (Lipinski definition) is 1. The lowest BCUT2D eigenvalue weighted by Crippen LogP contribution is -2.37. The zero-order valence-corrected chi connectivity index (χ0v) is 15.1. The number of amides is 1. The van der Waals surface area contributed by atoms with Crippen molar-refractivity contribution in [2.45, 2.75) is 38.3 Å². The molecule has 1 aliphatic rings. The summed E-state index contributed by atoms with van der Waals surface area (Å²) in [4.78, 5) is 12.0. The lowest BCUT2D eigenvalue weighted by Gasteiger charge is -2.29. The summed E-state index contributed by atoms with van der Waals surface area (Å²) in [5, 5.41) is 3.60. The van der Waals surface area contributed by atoms with Crippen LogP contribution in [0.3, 0.4) is 0 Å². The van der Waals surface area contributed by atoms with Crippen molar-refractivity contribution in [2.24, 2.45) is 11.8 Å². The van der Waals surface area contributed by atoms with Gasteiger partial charge >= 0.3 is 6.18 Å². The molecule has 1 N–H and O–H groups in total. The number of rotatable bonds is 6. The average Bonchev–Trinajstić information content (AvgIpc) is 2.55. The molecule has 1 aromatic carbocycles. The molecule has 1 amide bonds. The van der Waals surface area contributed by atoms with Crippen molar-refractivity contribution >= 4 is 29.1 Å². The minimum atomic E-state index is -4.22. The van der Waals surface area contributed by atoms with Crippen molar-refractivity contribution in [2.75, 3.05) is 13.2 Å². The van der Waals surface area contributed by atoms with Crippen LogP contribution < -0.4 is 10.1 Å². The number of carbonyl (C=O) groups is 1. The highest BCUT2D eigenvalue weighted by Crippen LogP contribution is 2.39. The first-order valence-corrected chi connectivity index (χ1v) is 8.95. The van der Waals surface area contributed by atoms with Crippen LogP contribution in [-0.2, 0) is 4.79 Å². The predicted molar refractivity (Wildman–Crippen MR) is 91.1 cm³/mol. The first-order chi connectivity index (χ1) is 11.8. The van der Waals surface area contributed by atoms with Crippen molar-refractivity contribution in [3.63, 3.8) is 0 Å². The van der Waals surface area contributed by atoms with E-state index in [-0.39, 0.29) is 18.7 Å². The second-order valence-corrected chi connectivity index (χ2v) is 7.01. The van der Waals surface area contributed by atoms with Crippen LogP contribution in [0.25, 0.3) is 0 Å². The number of benzene rings is 1. The Morgan fingerprint density at radius 1 is 1.28 bits per heavy atom. The van der Waals surface area contributed by atoms with Gasteiger partial charge in [0.2, 0.25) is 5.91 Å². The maximum absolute atomic E-state index is 12.8. The van der Waals surface area contributed by atoms with E-state index in [9.17, 15) is 18.0 Å². The van der Waals surface area contributed by atoms with Gasteiger partial charge in [-0.05, 0) is 43.9 Å². The fourth-order valence-corrected chi connectivity index (χ4v) is 3.39. The quantitative estimate of drug-likeness (QED) is 0.665. The molecule has 2 rings (SSSR count). The zero-order valence-electron chi connectivity index (χ0n) is 13.5. The molecule has 0 spiro atoms. The van der Waals surface area contributed by atoms with Gasteiger partial charge in [-0.3, -0.25) is 4.79 Å². The van der Waals surface area contributed by atoms with E-state index < -0.39 is 18.0 Å². The normalized spacial score (nSPS) is 21.0. The van der Waals surface area contributed by atoms with Gasteiger partial charge in [-0.15, -0.1) is 0 Å². The first-order valence-electron chi connectivity index (χ1n) is 8.19. The summed E-state index contributed by atoms with van der Waals surface area (Å²) >= 11 is 11.8. The molecule has 2 atom stereocenters. The summed E-state index contributed by atoms with van der Waals surface area (Å²) in [5.41, 5.74) is 0. The fraction of sp³-hybridized carbons (Fsp3) is 0.588. The molecule has 0 saturated heterocycles. The van der Waals surface area contributed by atoms with Crippen molar-refractivity contribution in [3.8, 4) is 5.75 Å². The Hall–Kier alpha value is -1.14. The SMILES string of the molecule is O=C(NCCCOc1ccc(Cl)cc1Cl)C1CCCC(C(F)(F)F)C1. The Morgan fingerprint density at radius 3 is 2.72 bits per heavy atom. The summed E-state index contributed by atoms with van der Waals surface area (Å²) < 4.78 is 43.8. The summed E-state index contributed by atoms with van der Waals surface area (Å²) in [6.07, 6.45) is -2.75. The van der Waals surface area contributed by atoms with Gasteiger partial charge in [0.25, 0.3) is 0 Å². The largest absolute Gasteiger partial charge is 0.492 e. The van der Waals surface area contributed by atoms with Crippen LogP contribution >= 0.6 is 23.2 Å². The molecule has 0 bridgehead atoms. The Bertz CT molecular complexity index is 596. The van der Waals surface area contributed by atoms with Gasteiger partial charge in [0.1, 0.15) is 5.75 Å². The third kappa shape index (κ3) is 6.26. The number of ether oxygens (including phenoxy) is 1. The number of alkyl halides is 3. The Balaban J connectivity index is 1.68. The van der Waals surface area contributed by atoms with Crippen LogP contribution in [0.1, 0.15) is 32.1 Å². The molecule has 0 aromatic heterocycles. The molecular formula is C17H20Cl2F3NO2. The fourth-order valence-electron chi connectivity index (χ4n) is 2.93. The van der Waals surface area contributed by atoms with E-state index in [4.69, 9.17) is 27.9 Å². The highest BCUT2D eigenvalue weighted by molar-refractivity contribution is 6.35. The highest BCUT2D eigenvalue weighted by Gasteiger charge is 2.43. The van der Waals surface area contributed by atoms with Gasteiger partial charge in [0.15, 0.2) is 0 Å². The van der Waals surface area contributed by atoms with Crippen LogP contribution in [-0.4, -0.2) is 25.2 Å². The molecule has 1 fully saturated rings. The third-order valence-electron chi connectivity index (χ3n) is 4.28. The molecule has 0 aliphatic heterocycles. The van der Waals surface area contributed by atoms with E-state index >= 15 is 0 Å². The topological polar surface area (TPSA) is 38.3 Å². The smallest absolute Gasteiger partial charge is 0.391 e. The molecule has 1 aromatic rings. The summed E-state index contributed by atoms with van der Waals surface area (Å²) in [5.74, 6) is -1.74. The van der Waals surface area contributed by atoms with Crippen LogP contribution in [0.5, 0.6) is 5.75 Å². The lowest BCUT2D eigenvalue weighted by molar-refractivity contribution is -0.186. The van der Waals surface area contributed by atoms with Gasteiger partial charge in [-0.2, -0.15) is 13.2 Å². The van der Waals surface area contributed by atoms with E-state index in [0.29, 0.717) is 48.2 Å². The maximum Gasteiger partial charge on any atom is 0.391 e. The Labute approximate surface area is 154 Å². The van der Waals surface area contributed by atoms with Crippen molar-refractivity contribution in [1.29, 1.82) is 0 Å². The number of nitrogens with one attached hydrogen (secondary N) is 1. The summed E-state index contributed by atoms with van der Waals surface area (Å²) in [6.45, 7) is 0.675. The van der Waals surface area contributed by atoms with Gasteiger partial charge in [0, 0.05) is 17.5 Å². The molecule has 1 aliphatic carbocycles. The first kappa shape index (κ1) is 20.2. The number of carbonyl (C=O) groups excluding carboxylic acids is 1. The highest BCUT2D eigenvalue weighted by atomic mass is 35.5. The molecule has 25 heavy (non-hydrogen) atoms. The molecule has 8 heteroatoms.